The van der Waals surface area contributed by atoms with Crippen LogP contribution in [-0.2, 0) is 6.54 Å². The van der Waals surface area contributed by atoms with E-state index in [0.717, 1.165) is 37.6 Å². The molecule has 1 aromatic carbocycles. The van der Waals surface area contributed by atoms with Crippen molar-refractivity contribution in [3.05, 3.63) is 36.2 Å². The fourth-order valence-corrected chi connectivity index (χ4v) is 2.28. The normalized spacial score (nSPS) is 20.4. The molecule has 0 aliphatic carbocycles. The Morgan fingerprint density at radius 2 is 2.11 bits per heavy atom. The first-order valence-corrected chi connectivity index (χ1v) is 6.13. The molecule has 18 heavy (non-hydrogen) atoms. The van der Waals surface area contributed by atoms with Crippen LogP contribution in [0.4, 0.5) is 0 Å². The number of rotatable bonds is 3. The second-order valence-electron chi connectivity index (χ2n) is 4.63. The first kappa shape index (κ1) is 11.3. The molecule has 1 fully saturated rings. The molecule has 1 unspecified atom stereocenters. The Morgan fingerprint density at radius 3 is 2.83 bits per heavy atom. The fraction of sp³-hybridized carbons (Fsp3) is 0.417. The fourth-order valence-electron chi connectivity index (χ4n) is 2.28. The van der Waals surface area contributed by atoms with E-state index in [-0.39, 0.29) is 6.04 Å². The van der Waals surface area contributed by atoms with Gasteiger partial charge in [-0.3, -0.25) is 4.90 Å². The molecule has 2 heterocycles. The van der Waals surface area contributed by atoms with E-state index < -0.39 is 0 Å². The predicted molar refractivity (Wildman–Crippen MR) is 67.0 cm³/mol. The van der Waals surface area contributed by atoms with E-state index in [1.165, 1.54) is 0 Å². The highest BCUT2D eigenvalue weighted by atomic mass is 15.5. The van der Waals surface area contributed by atoms with Crippen LogP contribution in [0.15, 0.2) is 30.3 Å². The number of para-hydroxylation sites is 1. The largest absolute Gasteiger partial charge is 0.326 e. The van der Waals surface area contributed by atoms with Crippen molar-refractivity contribution in [3.63, 3.8) is 0 Å². The standard InChI is InChI=1S/C12H16N6/c13-10-6-7-17(8-10)9-12-14-15-16-18(12)11-4-2-1-3-5-11/h1-5,10H,6-9,13H2. The van der Waals surface area contributed by atoms with Gasteiger partial charge in [-0.1, -0.05) is 18.2 Å². The number of nitrogens with zero attached hydrogens (tertiary/aromatic N) is 5. The van der Waals surface area contributed by atoms with Gasteiger partial charge in [-0.15, -0.1) is 5.10 Å². The summed E-state index contributed by atoms with van der Waals surface area (Å²) in [6.07, 6.45) is 1.05. The smallest absolute Gasteiger partial charge is 0.170 e. The van der Waals surface area contributed by atoms with Crippen LogP contribution in [0.1, 0.15) is 12.2 Å². The van der Waals surface area contributed by atoms with E-state index in [4.69, 9.17) is 5.73 Å². The average Bonchev–Trinajstić information content (AvgIpc) is 3.00. The number of likely N-dealkylation sites (tertiary alicyclic amines) is 1. The molecule has 1 aliphatic rings. The number of benzene rings is 1. The zero-order chi connectivity index (χ0) is 12.4. The van der Waals surface area contributed by atoms with Gasteiger partial charge in [-0.25, -0.2) is 0 Å². The van der Waals surface area contributed by atoms with E-state index in [9.17, 15) is 0 Å². The van der Waals surface area contributed by atoms with Gasteiger partial charge in [-0.05, 0) is 29.0 Å². The molecule has 0 saturated carbocycles. The Hall–Kier alpha value is -1.79. The SMILES string of the molecule is NC1CCN(Cc2nnnn2-c2ccccc2)C1. The molecule has 0 amide bonds. The highest BCUT2D eigenvalue weighted by Gasteiger charge is 2.21. The van der Waals surface area contributed by atoms with Gasteiger partial charge in [0, 0.05) is 19.1 Å². The summed E-state index contributed by atoms with van der Waals surface area (Å²) in [5.74, 6) is 0.857. The van der Waals surface area contributed by atoms with Gasteiger partial charge in [0.15, 0.2) is 5.82 Å². The van der Waals surface area contributed by atoms with Gasteiger partial charge in [0.1, 0.15) is 0 Å². The van der Waals surface area contributed by atoms with Crippen molar-refractivity contribution in [2.45, 2.75) is 19.0 Å². The van der Waals surface area contributed by atoms with Crippen molar-refractivity contribution in [1.82, 2.24) is 25.1 Å². The minimum atomic E-state index is 0.283. The molecular formula is C12H16N6. The van der Waals surface area contributed by atoms with Crippen LogP contribution in [-0.4, -0.2) is 44.2 Å². The molecular weight excluding hydrogens is 228 g/mol. The molecule has 2 N–H and O–H groups in total. The van der Waals surface area contributed by atoms with Crippen molar-refractivity contribution >= 4 is 0 Å². The summed E-state index contributed by atoms with van der Waals surface area (Å²) < 4.78 is 1.78. The topological polar surface area (TPSA) is 72.9 Å². The summed E-state index contributed by atoms with van der Waals surface area (Å²) in [4.78, 5) is 2.29. The molecule has 1 saturated heterocycles. The second kappa shape index (κ2) is 4.83. The molecule has 0 radical (unpaired) electrons. The Bertz CT molecular complexity index is 508. The van der Waals surface area contributed by atoms with Crippen LogP contribution < -0.4 is 5.73 Å². The third-order valence-electron chi connectivity index (χ3n) is 3.21. The van der Waals surface area contributed by atoms with E-state index in [0.29, 0.717) is 0 Å². The molecule has 94 valence electrons. The lowest BCUT2D eigenvalue weighted by Crippen LogP contribution is -2.27. The molecule has 0 spiro atoms. The summed E-state index contributed by atoms with van der Waals surface area (Å²) in [5, 5.41) is 11.9. The van der Waals surface area contributed by atoms with Crippen LogP contribution in [0, 0.1) is 0 Å². The average molecular weight is 244 g/mol. The van der Waals surface area contributed by atoms with Crippen LogP contribution in [0.3, 0.4) is 0 Å². The van der Waals surface area contributed by atoms with Crippen molar-refractivity contribution in [2.24, 2.45) is 5.73 Å². The maximum absolute atomic E-state index is 5.90. The van der Waals surface area contributed by atoms with E-state index in [2.05, 4.69) is 20.4 Å². The lowest BCUT2D eigenvalue weighted by atomic mass is 10.3. The first-order chi connectivity index (χ1) is 8.83. The van der Waals surface area contributed by atoms with Crippen LogP contribution in [0.2, 0.25) is 0 Å². The van der Waals surface area contributed by atoms with Gasteiger partial charge in [0.2, 0.25) is 0 Å². The molecule has 2 aromatic rings. The number of nitrogens with two attached hydrogens (primary N) is 1. The van der Waals surface area contributed by atoms with Crippen LogP contribution in [0.5, 0.6) is 0 Å². The number of hydrogen-bond acceptors (Lipinski definition) is 5. The van der Waals surface area contributed by atoms with Crippen molar-refractivity contribution in [2.75, 3.05) is 13.1 Å². The number of hydrogen-bond donors (Lipinski definition) is 1. The monoisotopic (exact) mass is 244 g/mol. The minimum absolute atomic E-state index is 0.283. The van der Waals surface area contributed by atoms with Gasteiger partial charge in [-0.2, -0.15) is 4.68 Å². The molecule has 1 aromatic heterocycles. The minimum Gasteiger partial charge on any atom is -0.326 e. The molecule has 6 heteroatoms. The van der Waals surface area contributed by atoms with Crippen LogP contribution >= 0.6 is 0 Å². The summed E-state index contributed by atoms with van der Waals surface area (Å²) in [7, 11) is 0. The third kappa shape index (κ3) is 2.25. The van der Waals surface area contributed by atoms with E-state index >= 15 is 0 Å². The zero-order valence-electron chi connectivity index (χ0n) is 10.1. The molecule has 3 rings (SSSR count). The van der Waals surface area contributed by atoms with Crippen molar-refractivity contribution in [1.29, 1.82) is 0 Å². The molecule has 6 nitrogen and oxygen atoms in total. The third-order valence-corrected chi connectivity index (χ3v) is 3.21. The zero-order valence-corrected chi connectivity index (χ0v) is 10.1. The summed E-state index contributed by atoms with van der Waals surface area (Å²) >= 11 is 0. The highest BCUT2D eigenvalue weighted by molar-refractivity contribution is 5.30. The Balaban J connectivity index is 1.80. The Morgan fingerprint density at radius 1 is 1.28 bits per heavy atom. The first-order valence-electron chi connectivity index (χ1n) is 6.13. The van der Waals surface area contributed by atoms with Gasteiger partial charge >= 0.3 is 0 Å². The number of aromatic nitrogens is 4. The number of tetrazole rings is 1. The molecule has 0 bridgehead atoms. The molecule has 1 aliphatic heterocycles. The van der Waals surface area contributed by atoms with Crippen LogP contribution in [0.25, 0.3) is 5.69 Å². The summed E-state index contributed by atoms with van der Waals surface area (Å²) in [6, 6.07) is 10.2. The molecule has 1 atom stereocenters. The maximum Gasteiger partial charge on any atom is 0.170 e. The van der Waals surface area contributed by atoms with E-state index in [1.807, 2.05) is 30.3 Å². The Labute approximate surface area is 105 Å². The summed E-state index contributed by atoms with van der Waals surface area (Å²) in [6.45, 7) is 2.68. The van der Waals surface area contributed by atoms with Crippen molar-refractivity contribution in [3.8, 4) is 5.69 Å². The van der Waals surface area contributed by atoms with Gasteiger partial charge < -0.3 is 5.73 Å². The summed E-state index contributed by atoms with van der Waals surface area (Å²) in [5.41, 5.74) is 6.89. The van der Waals surface area contributed by atoms with Gasteiger partial charge in [0.25, 0.3) is 0 Å². The lowest BCUT2D eigenvalue weighted by molar-refractivity contribution is 0.315. The van der Waals surface area contributed by atoms with E-state index in [1.54, 1.807) is 4.68 Å². The van der Waals surface area contributed by atoms with Gasteiger partial charge in [0.05, 0.1) is 12.2 Å². The quantitative estimate of drug-likeness (QED) is 0.834. The highest BCUT2D eigenvalue weighted by Crippen LogP contribution is 2.13. The van der Waals surface area contributed by atoms with Crippen molar-refractivity contribution < 1.29 is 0 Å². The Kier molecular flexibility index (Phi) is 3.04. The maximum atomic E-state index is 5.90. The lowest BCUT2D eigenvalue weighted by Gasteiger charge is -2.14. The predicted octanol–water partition coefficient (Wildman–Crippen LogP) is 0.195. The second-order valence-corrected chi connectivity index (χ2v) is 4.63.